The molecule has 96 valence electrons. The van der Waals surface area contributed by atoms with Crippen molar-refractivity contribution in [2.24, 2.45) is 0 Å². The second-order valence-electron chi connectivity index (χ2n) is 3.75. The number of aromatic nitrogens is 4. The molecule has 1 N–H and O–H groups in total. The van der Waals surface area contributed by atoms with Gasteiger partial charge in [0.25, 0.3) is 0 Å². The fourth-order valence-electron chi connectivity index (χ4n) is 1.46. The largest absolute Gasteiger partial charge is 0.369 e. The highest BCUT2D eigenvalue weighted by Crippen LogP contribution is 2.11. The fraction of sp³-hybridized carbons (Fsp3) is 0.455. The monoisotopic (exact) mass is 267 g/mol. The van der Waals surface area contributed by atoms with Crippen molar-refractivity contribution >= 4 is 17.4 Å². The standard InChI is InChI=1S/C11H14ClN5O/c1-3-9-15-8(12)6-11(16-9)13-5-4-10-14-7(2)18-17-10/h6H,3-5H2,1-2H3,(H,13,15,16). The Morgan fingerprint density at radius 2 is 2.11 bits per heavy atom. The summed E-state index contributed by atoms with van der Waals surface area (Å²) in [6.07, 6.45) is 1.42. The molecule has 0 amide bonds. The minimum atomic E-state index is 0.444. The first kappa shape index (κ1) is 12.8. The van der Waals surface area contributed by atoms with Crippen LogP contribution in [0.3, 0.4) is 0 Å². The predicted molar refractivity (Wildman–Crippen MR) is 67.6 cm³/mol. The summed E-state index contributed by atoms with van der Waals surface area (Å²) < 4.78 is 4.89. The molecular weight excluding hydrogens is 254 g/mol. The average molecular weight is 268 g/mol. The van der Waals surface area contributed by atoms with Crippen LogP contribution in [0, 0.1) is 6.92 Å². The Hall–Kier alpha value is -1.69. The van der Waals surface area contributed by atoms with Gasteiger partial charge < -0.3 is 9.84 Å². The molecule has 2 heterocycles. The van der Waals surface area contributed by atoms with Crippen LogP contribution in [0.25, 0.3) is 0 Å². The molecule has 0 aliphatic carbocycles. The second-order valence-corrected chi connectivity index (χ2v) is 4.14. The Balaban J connectivity index is 1.91. The van der Waals surface area contributed by atoms with Crippen molar-refractivity contribution in [3.63, 3.8) is 0 Å². The third-order valence-electron chi connectivity index (χ3n) is 2.28. The quantitative estimate of drug-likeness (QED) is 0.836. The number of aryl methyl sites for hydroxylation is 2. The fourth-order valence-corrected chi connectivity index (χ4v) is 1.66. The molecule has 6 nitrogen and oxygen atoms in total. The van der Waals surface area contributed by atoms with Gasteiger partial charge in [-0.25, -0.2) is 9.97 Å². The molecule has 0 saturated heterocycles. The summed E-state index contributed by atoms with van der Waals surface area (Å²) in [5.41, 5.74) is 0. The zero-order valence-corrected chi connectivity index (χ0v) is 11.0. The molecule has 0 saturated carbocycles. The van der Waals surface area contributed by atoms with E-state index in [1.54, 1.807) is 13.0 Å². The van der Waals surface area contributed by atoms with Gasteiger partial charge in [0.2, 0.25) is 5.89 Å². The zero-order chi connectivity index (χ0) is 13.0. The molecule has 0 atom stereocenters. The molecule has 0 unspecified atom stereocenters. The van der Waals surface area contributed by atoms with Crippen molar-refractivity contribution in [2.45, 2.75) is 26.7 Å². The summed E-state index contributed by atoms with van der Waals surface area (Å²) in [6, 6.07) is 1.70. The van der Waals surface area contributed by atoms with Gasteiger partial charge >= 0.3 is 0 Å². The van der Waals surface area contributed by atoms with E-state index in [2.05, 4.69) is 25.4 Å². The van der Waals surface area contributed by atoms with Crippen LogP contribution < -0.4 is 5.32 Å². The Morgan fingerprint density at radius 3 is 2.78 bits per heavy atom. The van der Waals surface area contributed by atoms with Crippen LogP contribution in [0.2, 0.25) is 5.15 Å². The summed E-state index contributed by atoms with van der Waals surface area (Å²) in [5, 5.41) is 7.42. The Bertz CT molecular complexity index is 528. The van der Waals surface area contributed by atoms with Gasteiger partial charge in [0.15, 0.2) is 5.82 Å². The lowest BCUT2D eigenvalue weighted by atomic mass is 10.4. The SMILES string of the molecule is CCc1nc(Cl)cc(NCCc2noc(C)n2)n1. The molecule has 2 aromatic heterocycles. The Labute approximate surface area is 110 Å². The Kier molecular flexibility index (Phi) is 4.09. The van der Waals surface area contributed by atoms with Gasteiger partial charge in [-0.1, -0.05) is 23.7 Å². The molecule has 0 fully saturated rings. The van der Waals surface area contributed by atoms with Gasteiger partial charge in [-0.2, -0.15) is 4.98 Å². The molecular formula is C11H14ClN5O. The average Bonchev–Trinajstić information content (AvgIpc) is 2.74. The summed E-state index contributed by atoms with van der Waals surface area (Å²) in [7, 11) is 0. The molecule has 0 spiro atoms. The van der Waals surface area contributed by atoms with Crippen LogP contribution in [0.15, 0.2) is 10.6 Å². The topological polar surface area (TPSA) is 76.7 Å². The second kappa shape index (κ2) is 5.77. The van der Waals surface area contributed by atoms with Crippen LogP contribution >= 0.6 is 11.6 Å². The van der Waals surface area contributed by atoms with E-state index in [1.165, 1.54) is 0 Å². The molecule has 18 heavy (non-hydrogen) atoms. The van der Waals surface area contributed by atoms with Gasteiger partial charge in [-0.15, -0.1) is 0 Å². The molecule has 0 bridgehead atoms. The highest BCUT2D eigenvalue weighted by molar-refractivity contribution is 6.29. The number of hydrogen-bond donors (Lipinski definition) is 1. The number of nitrogens with one attached hydrogen (secondary N) is 1. The van der Waals surface area contributed by atoms with E-state index < -0.39 is 0 Å². The molecule has 2 aromatic rings. The van der Waals surface area contributed by atoms with Crippen LogP contribution in [0.5, 0.6) is 0 Å². The lowest BCUT2D eigenvalue weighted by Crippen LogP contribution is -2.08. The minimum absolute atomic E-state index is 0.444. The lowest BCUT2D eigenvalue weighted by Gasteiger charge is -2.05. The molecule has 0 radical (unpaired) electrons. The van der Waals surface area contributed by atoms with Crippen LogP contribution in [0.1, 0.15) is 24.5 Å². The molecule has 0 aromatic carbocycles. The molecule has 0 aliphatic heterocycles. The third-order valence-corrected chi connectivity index (χ3v) is 2.48. The number of anilines is 1. The normalized spacial score (nSPS) is 10.6. The maximum Gasteiger partial charge on any atom is 0.223 e. The Morgan fingerprint density at radius 1 is 1.28 bits per heavy atom. The third kappa shape index (κ3) is 3.40. The van der Waals surface area contributed by atoms with Crippen molar-refractivity contribution in [3.8, 4) is 0 Å². The summed E-state index contributed by atoms with van der Waals surface area (Å²) in [4.78, 5) is 12.5. The van der Waals surface area contributed by atoms with Crippen molar-refractivity contribution in [3.05, 3.63) is 28.8 Å². The first-order valence-corrected chi connectivity index (χ1v) is 6.11. The number of nitrogens with zero attached hydrogens (tertiary/aromatic N) is 4. The maximum atomic E-state index is 5.90. The van der Waals surface area contributed by atoms with Crippen LogP contribution in [-0.4, -0.2) is 26.7 Å². The number of rotatable bonds is 5. The van der Waals surface area contributed by atoms with Crippen LogP contribution in [0.4, 0.5) is 5.82 Å². The van der Waals surface area contributed by atoms with Gasteiger partial charge in [0, 0.05) is 32.4 Å². The lowest BCUT2D eigenvalue weighted by molar-refractivity contribution is 0.387. The highest BCUT2D eigenvalue weighted by Gasteiger charge is 2.04. The van der Waals surface area contributed by atoms with Crippen molar-refractivity contribution < 1.29 is 4.52 Å². The van der Waals surface area contributed by atoms with E-state index in [0.29, 0.717) is 35.7 Å². The van der Waals surface area contributed by atoms with Gasteiger partial charge in [-0.05, 0) is 0 Å². The van der Waals surface area contributed by atoms with Gasteiger partial charge in [-0.3, -0.25) is 0 Å². The maximum absolute atomic E-state index is 5.90. The van der Waals surface area contributed by atoms with E-state index >= 15 is 0 Å². The van der Waals surface area contributed by atoms with Crippen molar-refractivity contribution in [2.75, 3.05) is 11.9 Å². The van der Waals surface area contributed by atoms with E-state index in [-0.39, 0.29) is 0 Å². The number of halogens is 1. The van der Waals surface area contributed by atoms with E-state index in [4.69, 9.17) is 16.1 Å². The van der Waals surface area contributed by atoms with Gasteiger partial charge in [0.1, 0.15) is 16.8 Å². The van der Waals surface area contributed by atoms with Crippen molar-refractivity contribution in [1.82, 2.24) is 20.1 Å². The van der Waals surface area contributed by atoms with Gasteiger partial charge in [0.05, 0.1) is 0 Å². The first-order valence-electron chi connectivity index (χ1n) is 5.74. The highest BCUT2D eigenvalue weighted by atomic mass is 35.5. The van der Waals surface area contributed by atoms with Crippen LogP contribution in [-0.2, 0) is 12.8 Å². The zero-order valence-electron chi connectivity index (χ0n) is 10.3. The summed E-state index contributed by atoms with van der Waals surface area (Å²) >= 11 is 5.90. The molecule has 7 heteroatoms. The first-order chi connectivity index (χ1) is 8.67. The minimum Gasteiger partial charge on any atom is -0.369 e. The smallest absolute Gasteiger partial charge is 0.223 e. The molecule has 2 rings (SSSR count). The van der Waals surface area contributed by atoms with E-state index in [0.717, 1.165) is 12.2 Å². The number of hydrogen-bond acceptors (Lipinski definition) is 6. The summed E-state index contributed by atoms with van der Waals surface area (Å²) in [6.45, 7) is 4.41. The van der Waals surface area contributed by atoms with E-state index in [1.807, 2.05) is 6.92 Å². The predicted octanol–water partition coefficient (Wildman–Crippen LogP) is 2.04. The summed E-state index contributed by atoms with van der Waals surface area (Å²) in [5.74, 6) is 2.69. The van der Waals surface area contributed by atoms with Crippen molar-refractivity contribution in [1.29, 1.82) is 0 Å². The molecule has 0 aliphatic rings. The van der Waals surface area contributed by atoms with E-state index in [9.17, 15) is 0 Å².